The second kappa shape index (κ2) is 7.22. The van der Waals surface area contributed by atoms with E-state index in [9.17, 15) is 9.59 Å². The van der Waals surface area contributed by atoms with Gasteiger partial charge in [0.05, 0.1) is 5.56 Å². The Morgan fingerprint density at radius 1 is 1.11 bits per heavy atom. The average molecular weight is 365 g/mol. The third-order valence-electron chi connectivity index (χ3n) is 5.93. The lowest BCUT2D eigenvalue weighted by atomic mass is 9.95. The summed E-state index contributed by atoms with van der Waals surface area (Å²) in [5.74, 6) is -0.0609. The number of hydrogen-bond donors (Lipinski definition) is 2. The lowest BCUT2D eigenvalue weighted by Crippen LogP contribution is -2.20. The van der Waals surface area contributed by atoms with E-state index in [1.807, 2.05) is 31.2 Å². The number of carbonyl (C=O) groups is 2. The highest BCUT2D eigenvalue weighted by Crippen LogP contribution is 2.32. The molecule has 0 atom stereocenters. The summed E-state index contributed by atoms with van der Waals surface area (Å²) in [6.45, 7) is 4.14. The molecule has 1 saturated carbocycles. The maximum Gasteiger partial charge on any atom is 0.257 e. The zero-order chi connectivity index (χ0) is 19.0. The molecule has 1 fully saturated rings. The van der Waals surface area contributed by atoms with Crippen molar-refractivity contribution in [1.82, 2.24) is 4.57 Å². The quantitative estimate of drug-likeness (QED) is 0.825. The first-order chi connectivity index (χ1) is 13.0. The van der Waals surface area contributed by atoms with Crippen LogP contribution in [-0.4, -0.2) is 16.4 Å². The van der Waals surface area contributed by atoms with E-state index in [2.05, 4.69) is 22.1 Å². The van der Waals surface area contributed by atoms with Crippen LogP contribution in [0.5, 0.6) is 0 Å². The monoisotopic (exact) mass is 365 g/mol. The molecule has 2 heterocycles. The molecule has 2 aromatic rings. The van der Waals surface area contributed by atoms with E-state index in [-0.39, 0.29) is 11.8 Å². The largest absolute Gasteiger partial charge is 0.345 e. The van der Waals surface area contributed by atoms with Gasteiger partial charge in [0.25, 0.3) is 5.91 Å². The molecule has 1 aliphatic carbocycles. The first-order valence-corrected chi connectivity index (χ1v) is 9.95. The minimum Gasteiger partial charge on any atom is -0.345 e. The number of benzene rings is 1. The number of nitrogens with one attached hydrogen (secondary N) is 2. The van der Waals surface area contributed by atoms with Crippen molar-refractivity contribution < 1.29 is 9.59 Å². The fourth-order valence-corrected chi connectivity index (χ4v) is 4.56. The first-order valence-electron chi connectivity index (χ1n) is 9.95. The number of nitrogens with zero attached hydrogens (tertiary/aromatic N) is 1. The molecule has 2 amide bonds. The smallest absolute Gasteiger partial charge is 0.257 e. The van der Waals surface area contributed by atoms with Crippen molar-refractivity contribution in [3.8, 4) is 0 Å². The van der Waals surface area contributed by atoms with E-state index < -0.39 is 0 Å². The number of anilines is 2. The second-order valence-electron chi connectivity index (χ2n) is 7.82. The number of rotatable bonds is 3. The SMILES string of the molecule is Cc1cc(C(=O)Nc2ccc3c(c2)NC(=O)CC3)c(C)n1C1CCCCC1. The first kappa shape index (κ1) is 17.8. The topological polar surface area (TPSA) is 63.1 Å². The fraction of sp³-hybridized carbons (Fsp3) is 0.455. The molecule has 1 aliphatic heterocycles. The fourth-order valence-electron chi connectivity index (χ4n) is 4.56. The number of aryl methyl sites for hydroxylation is 2. The molecule has 0 unspecified atom stereocenters. The summed E-state index contributed by atoms with van der Waals surface area (Å²) in [5, 5.41) is 5.89. The molecule has 1 aromatic carbocycles. The standard InChI is InChI=1S/C22H27N3O2/c1-14-12-19(15(2)25(14)18-6-4-3-5-7-18)22(27)23-17-10-8-16-9-11-21(26)24-20(16)13-17/h8,10,12-13,18H,3-7,9,11H2,1-2H3,(H,23,27)(H,24,26). The lowest BCUT2D eigenvalue weighted by molar-refractivity contribution is -0.116. The van der Waals surface area contributed by atoms with Crippen molar-refractivity contribution in [3.63, 3.8) is 0 Å². The minimum absolute atomic E-state index is 0.0296. The van der Waals surface area contributed by atoms with Gasteiger partial charge >= 0.3 is 0 Å². The Balaban J connectivity index is 1.55. The molecule has 142 valence electrons. The summed E-state index contributed by atoms with van der Waals surface area (Å²) in [6, 6.07) is 8.26. The van der Waals surface area contributed by atoms with Gasteiger partial charge in [0.1, 0.15) is 0 Å². The summed E-state index contributed by atoms with van der Waals surface area (Å²) >= 11 is 0. The van der Waals surface area contributed by atoms with E-state index in [0.717, 1.165) is 34.6 Å². The van der Waals surface area contributed by atoms with Gasteiger partial charge in [-0.1, -0.05) is 25.3 Å². The van der Waals surface area contributed by atoms with Crippen molar-refractivity contribution in [2.75, 3.05) is 10.6 Å². The van der Waals surface area contributed by atoms with Crippen LogP contribution in [-0.2, 0) is 11.2 Å². The Labute approximate surface area is 160 Å². The molecule has 0 spiro atoms. The van der Waals surface area contributed by atoms with Gasteiger partial charge < -0.3 is 15.2 Å². The Morgan fingerprint density at radius 2 is 1.89 bits per heavy atom. The van der Waals surface area contributed by atoms with E-state index in [0.29, 0.717) is 18.2 Å². The van der Waals surface area contributed by atoms with Gasteiger partial charge in [-0.25, -0.2) is 0 Å². The second-order valence-corrected chi connectivity index (χ2v) is 7.82. The molecule has 2 aliphatic rings. The van der Waals surface area contributed by atoms with Gasteiger partial charge in [0, 0.05) is 35.2 Å². The maximum absolute atomic E-state index is 12.9. The lowest BCUT2D eigenvalue weighted by Gasteiger charge is -2.26. The van der Waals surface area contributed by atoms with Crippen molar-refractivity contribution in [1.29, 1.82) is 0 Å². The maximum atomic E-state index is 12.9. The van der Waals surface area contributed by atoms with Crippen LogP contribution in [0.2, 0.25) is 0 Å². The molecule has 0 radical (unpaired) electrons. The van der Waals surface area contributed by atoms with Crippen molar-refractivity contribution in [2.24, 2.45) is 0 Å². The predicted molar refractivity (Wildman–Crippen MR) is 107 cm³/mol. The van der Waals surface area contributed by atoms with Crippen LogP contribution in [0.15, 0.2) is 24.3 Å². The Kier molecular flexibility index (Phi) is 4.77. The van der Waals surface area contributed by atoms with Gasteiger partial charge in [-0.05, 0) is 56.9 Å². The van der Waals surface area contributed by atoms with E-state index in [4.69, 9.17) is 0 Å². The molecule has 5 nitrogen and oxygen atoms in total. The Morgan fingerprint density at radius 3 is 2.67 bits per heavy atom. The molecule has 0 saturated heterocycles. The summed E-state index contributed by atoms with van der Waals surface area (Å²) in [6.07, 6.45) is 7.51. The highest BCUT2D eigenvalue weighted by molar-refractivity contribution is 6.06. The normalized spacial score (nSPS) is 17.3. The van der Waals surface area contributed by atoms with E-state index >= 15 is 0 Å². The Bertz CT molecular complexity index is 891. The van der Waals surface area contributed by atoms with Crippen molar-refractivity contribution in [2.45, 2.75) is 64.8 Å². The molecule has 1 aromatic heterocycles. The number of amides is 2. The highest BCUT2D eigenvalue weighted by atomic mass is 16.2. The van der Waals surface area contributed by atoms with Crippen molar-refractivity contribution in [3.05, 3.63) is 46.8 Å². The van der Waals surface area contributed by atoms with Gasteiger partial charge in [-0.15, -0.1) is 0 Å². The molecular weight excluding hydrogens is 338 g/mol. The van der Waals surface area contributed by atoms with Crippen LogP contribution in [0, 0.1) is 13.8 Å². The number of aromatic nitrogens is 1. The third kappa shape index (κ3) is 3.51. The zero-order valence-corrected chi connectivity index (χ0v) is 16.1. The van der Waals surface area contributed by atoms with Gasteiger partial charge in [0.2, 0.25) is 5.91 Å². The number of fused-ring (bicyclic) bond motifs is 1. The summed E-state index contributed by atoms with van der Waals surface area (Å²) < 4.78 is 2.35. The number of carbonyl (C=O) groups excluding carboxylic acids is 2. The van der Waals surface area contributed by atoms with Crippen molar-refractivity contribution >= 4 is 23.2 Å². The minimum atomic E-state index is -0.0905. The van der Waals surface area contributed by atoms with Gasteiger partial charge in [-0.3, -0.25) is 9.59 Å². The molecular formula is C22H27N3O2. The average Bonchev–Trinajstić information content (AvgIpc) is 2.96. The molecule has 5 heteroatoms. The third-order valence-corrected chi connectivity index (χ3v) is 5.93. The molecule has 27 heavy (non-hydrogen) atoms. The van der Waals surface area contributed by atoms with Crippen LogP contribution in [0.3, 0.4) is 0 Å². The summed E-state index contributed by atoms with van der Waals surface area (Å²) in [4.78, 5) is 24.5. The van der Waals surface area contributed by atoms with E-state index in [1.54, 1.807) is 0 Å². The van der Waals surface area contributed by atoms with Gasteiger partial charge in [0.15, 0.2) is 0 Å². The highest BCUT2D eigenvalue weighted by Gasteiger charge is 2.23. The van der Waals surface area contributed by atoms with Gasteiger partial charge in [-0.2, -0.15) is 0 Å². The van der Waals surface area contributed by atoms with Crippen LogP contribution in [0.1, 0.15) is 71.9 Å². The molecule has 4 rings (SSSR count). The van der Waals surface area contributed by atoms with Crippen LogP contribution in [0.4, 0.5) is 11.4 Å². The predicted octanol–water partition coefficient (Wildman–Crippen LogP) is 4.75. The summed E-state index contributed by atoms with van der Waals surface area (Å²) in [7, 11) is 0. The van der Waals surface area contributed by atoms with Crippen LogP contribution < -0.4 is 10.6 Å². The zero-order valence-electron chi connectivity index (χ0n) is 16.1. The Hall–Kier alpha value is -2.56. The molecule has 2 N–H and O–H groups in total. The van der Waals surface area contributed by atoms with Crippen LogP contribution in [0.25, 0.3) is 0 Å². The number of hydrogen-bond acceptors (Lipinski definition) is 2. The summed E-state index contributed by atoms with van der Waals surface area (Å²) in [5.41, 5.74) is 5.56. The van der Waals surface area contributed by atoms with Crippen LogP contribution >= 0.6 is 0 Å². The van der Waals surface area contributed by atoms with E-state index in [1.165, 1.54) is 32.1 Å². The molecule has 0 bridgehead atoms.